The van der Waals surface area contributed by atoms with E-state index in [1.807, 2.05) is 0 Å². The van der Waals surface area contributed by atoms with Crippen LogP contribution in [0.5, 0.6) is 0 Å². The molecule has 1 atom stereocenters. The Morgan fingerprint density at radius 2 is 2.12 bits per heavy atom. The fourth-order valence-corrected chi connectivity index (χ4v) is 3.10. The Morgan fingerprint density at radius 3 is 2.82 bits per heavy atom. The lowest BCUT2D eigenvalue weighted by Gasteiger charge is -2.31. The quantitative estimate of drug-likeness (QED) is 0.717. The van der Waals surface area contributed by atoms with Crippen LogP contribution in [0.1, 0.15) is 43.7 Å². The minimum atomic E-state index is 0.686. The van der Waals surface area contributed by atoms with E-state index in [1.165, 1.54) is 49.0 Å². The Kier molecular flexibility index (Phi) is 4.49. The van der Waals surface area contributed by atoms with Gasteiger partial charge in [0.15, 0.2) is 0 Å². The summed E-state index contributed by atoms with van der Waals surface area (Å²) in [5.41, 5.74) is 4.22. The Morgan fingerprint density at radius 1 is 1.29 bits per heavy atom. The van der Waals surface area contributed by atoms with Crippen molar-refractivity contribution < 1.29 is 0 Å². The van der Waals surface area contributed by atoms with Gasteiger partial charge in [-0.3, -0.25) is 0 Å². The average molecular weight is 296 g/mol. The average Bonchev–Trinajstić information content (AvgIpc) is 2.54. The SMILES string of the molecule is Cc1cc(CBr)ccc1N1CCCCCC1C. The summed E-state index contributed by atoms with van der Waals surface area (Å²) >= 11 is 3.52. The largest absolute Gasteiger partial charge is 0.369 e. The second kappa shape index (κ2) is 5.90. The fraction of sp³-hybridized carbons (Fsp3) is 0.600. The highest BCUT2D eigenvalue weighted by Crippen LogP contribution is 2.28. The van der Waals surface area contributed by atoms with Gasteiger partial charge in [-0.15, -0.1) is 0 Å². The van der Waals surface area contributed by atoms with Gasteiger partial charge >= 0.3 is 0 Å². The van der Waals surface area contributed by atoms with Gasteiger partial charge in [0.1, 0.15) is 0 Å². The molecule has 1 aromatic carbocycles. The molecule has 0 radical (unpaired) electrons. The van der Waals surface area contributed by atoms with Gasteiger partial charge in [0.2, 0.25) is 0 Å². The predicted octanol–water partition coefficient (Wildman–Crippen LogP) is 4.66. The van der Waals surface area contributed by atoms with E-state index in [9.17, 15) is 0 Å². The van der Waals surface area contributed by atoms with E-state index < -0.39 is 0 Å². The van der Waals surface area contributed by atoms with Crippen LogP contribution in [0.3, 0.4) is 0 Å². The maximum atomic E-state index is 3.52. The van der Waals surface area contributed by atoms with Crippen molar-refractivity contribution in [3.05, 3.63) is 29.3 Å². The third-order valence-corrected chi connectivity index (χ3v) is 4.43. The first-order valence-corrected chi connectivity index (χ1v) is 7.76. The van der Waals surface area contributed by atoms with Gasteiger partial charge < -0.3 is 4.90 Å². The molecule has 0 amide bonds. The first-order chi connectivity index (χ1) is 8.22. The minimum absolute atomic E-state index is 0.686. The molecule has 0 N–H and O–H groups in total. The number of halogens is 1. The molecule has 1 heterocycles. The number of rotatable bonds is 2. The summed E-state index contributed by atoms with van der Waals surface area (Å²) in [4.78, 5) is 2.60. The van der Waals surface area contributed by atoms with Gasteiger partial charge in [-0.25, -0.2) is 0 Å². The number of benzene rings is 1. The molecule has 1 saturated heterocycles. The second-order valence-electron chi connectivity index (χ2n) is 5.15. The third kappa shape index (κ3) is 3.04. The summed E-state index contributed by atoms with van der Waals surface area (Å²) in [6.07, 6.45) is 5.44. The number of alkyl halides is 1. The Labute approximate surface area is 113 Å². The smallest absolute Gasteiger partial charge is 0.0398 e. The van der Waals surface area contributed by atoms with Crippen LogP contribution in [0.25, 0.3) is 0 Å². The lowest BCUT2D eigenvalue weighted by atomic mass is 10.1. The molecule has 0 bridgehead atoms. The van der Waals surface area contributed by atoms with Crippen molar-refractivity contribution in [2.75, 3.05) is 11.4 Å². The molecular formula is C15H22BrN. The van der Waals surface area contributed by atoms with Crippen molar-refractivity contribution in [1.29, 1.82) is 0 Å². The van der Waals surface area contributed by atoms with E-state index >= 15 is 0 Å². The number of anilines is 1. The van der Waals surface area contributed by atoms with Crippen LogP contribution < -0.4 is 4.90 Å². The molecule has 17 heavy (non-hydrogen) atoms. The molecule has 1 fully saturated rings. The molecule has 1 aliphatic rings. The molecule has 0 aromatic heterocycles. The Hall–Kier alpha value is -0.500. The van der Waals surface area contributed by atoms with Gasteiger partial charge in [-0.1, -0.05) is 40.9 Å². The molecular weight excluding hydrogens is 274 g/mol. The highest BCUT2D eigenvalue weighted by atomic mass is 79.9. The lowest BCUT2D eigenvalue weighted by Crippen LogP contribution is -2.32. The van der Waals surface area contributed by atoms with Crippen LogP contribution in [-0.2, 0) is 5.33 Å². The second-order valence-corrected chi connectivity index (χ2v) is 5.71. The Balaban J connectivity index is 2.25. The molecule has 1 nitrogen and oxygen atoms in total. The van der Waals surface area contributed by atoms with Gasteiger partial charge in [-0.2, -0.15) is 0 Å². The van der Waals surface area contributed by atoms with Crippen LogP contribution in [0.4, 0.5) is 5.69 Å². The van der Waals surface area contributed by atoms with Crippen LogP contribution in [0.2, 0.25) is 0 Å². The van der Waals surface area contributed by atoms with E-state index in [1.54, 1.807) is 0 Å². The zero-order valence-corrected chi connectivity index (χ0v) is 12.5. The van der Waals surface area contributed by atoms with Gasteiger partial charge in [0.05, 0.1) is 0 Å². The van der Waals surface area contributed by atoms with Crippen molar-refractivity contribution in [3.8, 4) is 0 Å². The molecule has 1 aliphatic heterocycles. The molecule has 94 valence electrons. The monoisotopic (exact) mass is 295 g/mol. The van der Waals surface area contributed by atoms with E-state index in [2.05, 4.69) is 52.9 Å². The Bertz CT molecular complexity index is 375. The maximum absolute atomic E-state index is 3.52. The zero-order chi connectivity index (χ0) is 12.3. The standard InChI is InChI=1S/C15H22BrN/c1-12-10-14(11-16)7-8-15(12)17-9-5-3-4-6-13(17)2/h7-8,10,13H,3-6,9,11H2,1-2H3. The zero-order valence-electron chi connectivity index (χ0n) is 10.9. The molecule has 0 spiro atoms. The summed E-state index contributed by atoms with van der Waals surface area (Å²) in [6.45, 7) is 5.82. The molecule has 2 heteroatoms. The van der Waals surface area contributed by atoms with Gasteiger partial charge in [0, 0.05) is 23.6 Å². The summed E-state index contributed by atoms with van der Waals surface area (Å²) < 4.78 is 0. The van der Waals surface area contributed by atoms with E-state index in [4.69, 9.17) is 0 Å². The lowest BCUT2D eigenvalue weighted by molar-refractivity contribution is 0.615. The van der Waals surface area contributed by atoms with Crippen molar-refractivity contribution in [3.63, 3.8) is 0 Å². The normalized spacial score (nSPS) is 21.4. The van der Waals surface area contributed by atoms with Crippen molar-refractivity contribution in [1.82, 2.24) is 0 Å². The predicted molar refractivity (Wildman–Crippen MR) is 79.1 cm³/mol. The topological polar surface area (TPSA) is 3.24 Å². The van der Waals surface area contributed by atoms with Crippen LogP contribution in [0, 0.1) is 6.92 Å². The van der Waals surface area contributed by atoms with E-state index in [0.717, 1.165) is 5.33 Å². The number of hydrogen-bond acceptors (Lipinski definition) is 1. The van der Waals surface area contributed by atoms with Crippen LogP contribution in [-0.4, -0.2) is 12.6 Å². The fourth-order valence-electron chi connectivity index (χ4n) is 2.76. The summed E-state index contributed by atoms with van der Waals surface area (Å²) in [5.74, 6) is 0. The first-order valence-electron chi connectivity index (χ1n) is 6.64. The maximum Gasteiger partial charge on any atom is 0.0398 e. The number of aryl methyl sites for hydroxylation is 1. The number of nitrogens with zero attached hydrogens (tertiary/aromatic N) is 1. The number of hydrogen-bond donors (Lipinski definition) is 0. The van der Waals surface area contributed by atoms with Crippen molar-refractivity contribution in [2.45, 2.75) is 50.9 Å². The third-order valence-electron chi connectivity index (χ3n) is 3.78. The summed E-state index contributed by atoms with van der Waals surface area (Å²) in [7, 11) is 0. The summed E-state index contributed by atoms with van der Waals surface area (Å²) in [6, 6.07) is 7.54. The van der Waals surface area contributed by atoms with Crippen LogP contribution >= 0.6 is 15.9 Å². The van der Waals surface area contributed by atoms with E-state index in [0.29, 0.717) is 6.04 Å². The highest BCUT2D eigenvalue weighted by Gasteiger charge is 2.18. The molecule has 2 rings (SSSR count). The molecule has 1 unspecified atom stereocenters. The highest BCUT2D eigenvalue weighted by molar-refractivity contribution is 9.08. The van der Waals surface area contributed by atoms with Gasteiger partial charge in [-0.05, 0) is 43.9 Å². The molecule has 1 aromatic rings. The minimum Gasteiger partial charge on any atom is -0.369 e. The van der Waals surface area contributed by atoms with Crippen molar-refractivity contribution >= 4 is 21.6 Å². The summed E-state index contributed by atoms with van der Waals surface area (Å²) in [5, 5.41) is 0.948. The molecule has 0 aliphatic carbocycles. The first kappa shape index (κ1) is 12.9. The van der Waals surface area contributed by atoms with Crippen molar-refractivity contribution in [2.24, 2.45) is 0 Å². The van der Waals surface area contributed by atoms with E-state index in [-0.39, 0.29) is 0 Å². The van der Waals surface area contributed by atoms with Gasteiger partial charge in [0.25, 0.3) is 0 Å². The van der Waals surface area contributed by atoms with Crippen LogP contribution in [0.15, 0.2) is 18.2 Å². The molecule has 0 saturated carbocycles.